The topological polar surface area (TPSA) is 42.0 Å². The quantitative estimate of drug-likeness (QED) is 0.520. The number of hydrogen-bond acceptors (Lipinski definition) is 3. The van der Waals surface area contributed by atoms with Gasteiger partial charge in [0.15, 0.2) is 0 Å². The van der Waals surface area contributed by atoms with Gasteiger partial charge in [0.05, 0.1) is 21.7 Å². The van der Waals surface area contributed by atoms with Gasteiger partial charge in [0.25, 0.3) is 5.91 Å². The molecular formula is C23H20N2OS. The molecule has 0 saturated carbocycles. The molecule has 0 aliphatic heterocycles. The van der Waals surface area contributed by atoms with Crippen LogP contribution in [-0.4, -0.2) is 17.4 Å². The number of benzene rings is 2. The fraction of sp³-hybridized carbons (Fsp3) is 0.130. The molecule has 4 heteroatoms. The van der Waals surface area contributed by atoms with Crippen molar-refractivity contribution in [2.24, 2.45) is 0 Å². The SMILES string of the molecule is Cc1ccc2nc(-c3cccs3)cc(C(=O)NCCc3ccccc3)c2c1. The standard InChI is InChI=1S/C23H20N2OS/c1-16-9-10-20-18(14-16)19(15-21(25-20)22-8-5-13-27-22)23(26)24-12-11-17-6-3-2-4-7-17/h2-10,13-15H,11-12H2,1H3,(H,24,26). The highest BCUT2D eigenvalue weighted by molar-refractivity contribution is 7.13. The lowest BCUT2D eigenvalue weighted by Crippen LogP contribution is -2.26. The first-order valence-corrected chi connectivity index (χ1v) is 9.86. The van der Waals surface area contributed by atoms with Gasteiger partial charge in [-0.3, -0.25) is 4.79 Å². The molecule has 0 unspecified atom stereocenters. The van der Waals surface area contributed by atoms with Gasteiger partial charge in [-0.05, 0) is 48.6 Å². The van der Waals surface area contributed by atoms with E-state index in [1.54, 1.807) is 11.3 Å². The first-order chi connectivity index (χ1) is 13.2. The Morgan fingerprint density at radius 2 is 1.89 bits per heavy atom. The summed E-state index contributed by atoms with van der Waals surface area (Å²) >= 11 is 1.63. The number of thiophene rings is 1. The minimum Gasteiger partial charge on any atom is -0.352 e. The molecule has 0 aliphatic carbocycles. The molecule has 0 atom stereocenters. The summed E-state index contributed by atoms with van der Waals surface area (Å²) < 4.78 is 0. The Bertz CT molecular complexity index is 1070. The molecule has 134 valence electrons. The Morgan fingerprint density at radius 1 is 1.04 bits per heavy atom. The summed E-state index contributed by atoms with van der Waals surface area (Å²) in [7, 11) is 0. The molecule has 1 N–H and O–H groups in total. The van der Waals surface area contributed by atoms with Crippen molar-refractivity contribution in [2.45, 2.75) is 13.3 Å². The maximum Gasteiger partial charge on any atom is 0.252 e. The number of carbonyl (C=O) groups excluding carboxylic acids is 1. The number of nitrogens with one attached hydrogen (secondary N) is 1. The molecule has 0 radical (unpaired) electrons. The van der Waals surface area contributed by atoms with Gasteiger partial charge in [0.1, 0.15) is 0 Å². The minimum atomic E-state index is -0.0539. The van der Waals surface area contributed by atoms with E-state index in [4.69, 9.17) is 4.98 Å². The largest absolute Gasteiger partial charge is 0.352 e. The van der Waals surface area contributed by atoms with E-state index in [2.05, 4.69) is 17.4 Å². The van der Waals surface area contributed by atoms with E-state index in [-0.39, 0.29) is 5.91 Å². The van der Waals surface area contributed by atoms with E-state index < -0.39 is 0 Å². The van der Waals surface area contributed by atoms with Crippen LogP contribution in [0.15, 0.2) is 72.1 Å². The van der Waals surface area contributed by atoms with Gasteiger partial charge >= 0.3 is 0 Å². The number of pyridine rings is 1. The van der Waals surface area contributed by atoms with Crippen LogP contribution in [-0.2, 0) is 6.42 Å². The predicted molar refractivity (Wildman–Crippen MR) is 112 cm³/mol. The summed E-state index contributed by atoms with van der Waals surface area (Å²) in [5, 5.41) is 5.99. The molecule has 27 heavy (non-hydrogen) atoms. The second-order valence-electron chi connectivity index (χ2n) is 6.54. The monoisotopic (exact) mass is 372 g/mol. The Labute approximate surface area is 162 Å². The van der Waals surface area contributed by atoms with Crippen LogP contribution in [0, 0.1) is 6.92 Å². The zero-order valence-electron chi connectivity index (χ0n) is 15.1. The Hall–Kier alpha value is -2.98. The van der Waals surface area contributed by atoms with Crippen molar-refractivity contribution in [1.82, 2.24) is 10.3 Å². The second-order valence-corrected chi connectivity index (χ2v) is 7.49. The zero-order valence-corrected chi connectivity index (χ0v) is 15.9. The maximum absolute atomic E-state index is 12.9. The van der Waals surface area contributed by atoms with E-state index in [0.29, 0.717) is 12.1 Å². The molecule has 0 aliphatic rings. The Kier molecular flexibility index (Phi) is 4.99. The lowest BCUT2D eigenvalue weighted by Gasteiger charge is -2.11. The van der Waals surface area contributed by atoms with Gasteiger partial charge in [-0.15, -0.1) is 11.3 Å². The van der Waals surface area contributed by atoms with E-state index in [1.165, 1.54) is 5.56 Å². The van der Waals surface area contributed by atoms with Crippen LogP contribution in [0.3, 0.4) is 0 Å². The normalized spacial score (nSPS) is 10.9. The molecule has 0 fully saturated rings. The van der Waals surface area contributed by atoms with Crippen molar-refractivity contribution in [1.29, 1.82) is 0 Å². The van der Waals surface area contributed by atoms with Gasteiger partial charge in [-0.1, -0.05) is 48.0 Å². The summed E-state index contributed by atoms with van der Waals surface area (Å²) in [4.78, 5) is 18.8. The third kappa shape index (κ3) is 3.91. The summed E-state index contributed by atoms with van der Waals surface area (Å²) in [6, 6.07) is 22.2. The number of amides is 1. The van der Waals surface area contributed by atoms with Crippen molar-refractivity contribution >= 4 is 28.1 Å². The summed E-state index contributed by atoms with van der Waals surface area (Å²) in [5.74, 6) is -0.0539. The molecule has 4 aromatic rings. The second kappa shape index (κ2) is 7.72. The number of carbonyl (C=O) groups is 1. The number of aryl methyl sites for hydroxylation is 1. The maximum atomic E-state index is 12.9. The van der Waals surface area contributed by atoms with E-state index in [1.807, 2.05) is 66.9 Å². The van der Waals surface area contributed by atoms with Crippen LogP contribution in [0.1, 0.15) is 21.5 Å². The molecule has 2 aromatic heterocycles. The number of fused-ring (bicyclic) bond motifs is 1. The van der Waals surface area contributed by atoms with Crippen LogP contribution in [0.5, 0.6) is 0 Å². The smallest absolute Gasteiger partial charge is 0.252 e. The number of hydrogen-bond donors (Lipinski definition) is 1. The van der Waals surface area contributed by atoms with E-state index in [0.717, 1.165) is 33.5 Å². The van der Waals surface area contributed by atoms with Gasteiger partial charge < -0.3 is 5.32 Å². The molecule has 4 rings (SSSR count). The molecular weight excluding hydrogens is 352 g/mol. The summed E-state index contributed by atoms with van der Waals surface area (Å²) in [6.45, 7) is 2.64. The molecule has 2 heterocycles. The first-order valence-electron chi connectivity index (χ1n) is 8.98. The lowest BCUT2D eigenvalue weighted by atomic mass is 10.0. The Balaban J connectivity index is 1.64. The predicted octanol–water partition coefficient (Wildman–Crippen LogP) is 5.24. The van der Waals surface area contributed by atoms with Crippen LogP contribution < -0.4 is 5.32 Å². The molecule has 1 amide bonds. The van der Waals surface area contributed by atoms with Gasteiger partial charge in [-0.2, -0.15) is 0 Å². The van der Waals surface area contributed by atoms with Crippen molar-refractivity contribution in [3.05, 3.63) is 88.8 Å². The highest BCUT2D eigenvalue weighted by Crippen LogP contribution is 2.28. The van der Waals surface area contributed by atoms with Crippen LogP contribution in [0.2, 0.25) is 0 Å². The number of aromatic nitrogens is 1. The van der Waals surface area contributed by atoms with Crippen LogP contribution in [0.4, 0.5) is 0 Å². The van der Waals surface area contributed by atoms with E-state index >= 15 is 0 Å². The average molecular weight is 372 g/mol. The van der Waals surface area contributed by atoms with Gasteiger partial charge in [-0.25, -0.2) is 4.98 Å². The summed E-state index contributed by atoms with van der Waals surface area (Å²) in [5.41, 5.74) is 4.70. The van der Waals surface area contributed by atoms with Crippen molar-refractivity contribution < 1.29 is 4.79 Å². The summed E-state index contributed by atoms with van der Waals surface area (Å²) in [6.07, 6.45) is 0.812. The van der Waals surface area contributed by atoms with Gasteiger partial charge in [0.2, 0.25) is 0 Å². The van der Waals surface area contributed by atoms with Crippen molar-refractivity contribution in [2.75, 3.05) is 6.54 Å². The zero-order chi connectivity index (χ0) is 18.6. The highest BCUT2D eigenvalue weighted by Gasteiger charge is 2.14. The van der Waals surface area contributed by atoms with E-state index in [9.17, 15) is 4.79 Å². The lowest BCUT2D eigenvalue weighted by molar-refractivity contribution is 0.0956. The first kappa shape index (κ1) is 17.4. The highest BCUT2D eigenvalue weighted by atomic mass is 32.1. The molecule has 3 nitrogen and oxygen atoms in total. The van der Waals surface area contributed by atoms with Crippen LogP contribution >= 0.6 is 11.3 Å². The fourth-order valence-corrected chi connectivity index (χ4v) is 3.82. The molecule has 0 saturated heterocycles. The minimum absolute atomic E-state index is 0.0539. The van der Waals surface area contributed by atoms with Crippen molar-refractivity contribution in [3.8, 4) is 10.6 Å². The van der Waals surface area contributed by atoms with Crippen molar-refractivity contribution in [3.63, 3.8) is 0 Å². The fourth-order valence-electron chi connectivity index (χ4n) is 3.14. The van der Waals surface area contributed by atoms with Gasteiger partial charge in [0, 0.05) is 11.9 Å². The molecule has 0 bridgehead atoms. The Morgan fingerprint density at radius 3 is 2.67 bits per heavy atom. The third-order valence-corrected chi connectivity index (χ3v) is 5.42. The van der Waals surface area contributed by atoms with Crippen LogP contribution in [0.25, 0.3) is 21.5 Å². The molecule has 2 aromatic carbocycles. The number of nitrogens with zero attached hydrogens (tertiary/aromatic N) is 1. The molecule has 0 spiro atoms. The number of rotatable bonds is 5. The third-order valence-electron chi connectivity index (χ3n) is 4.52. The average Bonchev–Trinajstić information content (AvgIpc) is 3.23.